The quantitative estimate of drug-likeness (QED) is 0.415. The van der Waals surface area contributed by atoms with Crippen LogP contribution in [-0.4, -0.2) is 54.0 Å². The van der Waals surface area contributed by atoms with Crippen LogP contribution in [0.4, 0.5) is 4.39 Å². The van der Waals surface area contributed by atoms with E-state index in [0.717, 1.165) is 5.56 Å². The second-order valence-electron chi connectivity index (χ2n) is 9.48. The van der Waals surface area contributed by atoms with Crippen molar-refractivity contribution in [2.45, 2.75) is 50.2 Å². The van der Waals surface area contributed by atoms with Crippen LogP contribution in [0.5, 0.6) is 0 Å². The third-order valence-electron chi connectivity index (χ3n) is 6.73. The molecule has 0 bridgehead atoms. The number of amides is 3. The molecular weight excluding hydrogens is 521 g/mol. The molecule has 0 saturated heterocycles. The lowest BCUT2D eigenvalue weighted by atomic mass is 10.0. The van der Waals surface area contributed by atoms with Gasteiger partial charge in [0, 0.05) is 19.0 Å². The van der Waals surface area contributed by atoms with Crippen molar-refractivity contribution in [1.29, 1.82) is 0 Å². The van der Waals surface area contributed by atoms with Crippen molar-refractivity contribution < 1.29 is 27.2 Å². The SMILES string of the molecule is CC[C@@H](C)NC(=O)[C@H](Cc1ccccc1)N(Cc1ccc(F)cc1)C(=O)CN1C(=O)c2ccccc2S1(=O)=O. The Bertz CT molecular complexity index is 1460. The van der Waals surface area contributed by atoms with Crippen LogP contribution in [-0.2, 0) is 32.6 Å². The first-order chi connectivity index (χ1) is 18.6. The number of hydrogen-bond acceptors (Lipinski definition) is 5. The third kappa shape index (κ3) is 6.17. The number of sulfonamides is 1. The maximum atomic E-state index is 13.9. The van der Waals surface area contributed by atoms with Crippen LogP contribution >= 0.6 is 0 Å². The summed E-state index contributed by atoms with van der Waals surface area (Å²) in [6.45, 7) is 2.88. The molecule has 8 nitrogen and oxygen atoms in total. The zero-order chi connectivity index (χ0) is 28.2. The number of nitrogens with one attached hydrogen (secondary N) is 1. The molecule has 1 N–H and O–H groups in total. The summed E-state index contributed by atoms with van der Waals surface area (Å²) in [5, 5.41) is 2.92. The first-order valence-electron chi connectivity index (χ1n) is 12.7. The molecule has 0 spiro atoms. The molecule has 1 aliphatic heterocycles. The lowest BCUT2D eigenvalue weighted by molar-refractivity contribution is -0.141. The van der Waals surface area contributed by atoms with Gasteiger partial charge in [-0.25, -0.2) is 17.1 Å². The van der Waals surface area contributed by atoms with Crippen molar-refractivity contribution in [1.82, 2.24) is 14.5 Å². The van der Waals surface area contributed by atoms with E-state index in [-0.39, 0.29) is 29.5 Å². The highest BCUT2D eigenvalue weighted by atomic mass is 32.2. The summed E-state index contributed by atoms with van der Waals surface area (Å²) in [6.07, 6.45) is 0.811. The summed E-state index contributed by atoms with van der Waals surface area (Å²) in [5.74, 6) is -2.41. The minimum absolute atomic E-state index is 0.00858. The predicted octanol–water partition coefficient (Wildman–Crippen LogP) is 3.53. The van der Waals surface area contributed by atoms with Crippen LogP contribution in [0.1, 0.15) is 41.8 Å². The molecule has 0 aliphatic carbocycles. The Balaban J connectivity index is 1.71. The zero-order valence-corrected chi connectivity index (χ0v) is 22.5. The molecule has 10 heteroatoms. The van der Waals surface area contributed by atoms with Gasteiger partial charge < -0.3 is 10.2 Å². The van der Waals surface area contributed by atoms with Gasteiger partial charge in [-0.05, 0) is 48.7 Å². The Morgan fingerprint density at radius 1 is 0.949 bits per heavy atom. The summed E-state index contributed by atoms with van der Waals surface area (Å²) in [7, 11) is -4.24. The summed E-state index contributed by atoms with van der Waals surface area (Å²) < 4.78 is 40.4. The summed E-state index contributed by atoms with van der Waals surface area (Å²) >= 11 is 0. The predicted molar refractivity (Wildman–Crippen MR) is 143 cm³/mol. The van der Waals surface area contributed by atoms with Crippen molar-refractivity contribution in [3.63, 3.8) is 0 Å². The van der Waals surface area contributed by atoms with Gasteiger partial charge >= 0.3 is 0 Å². The Hall–Kier alpha value is -4.05. The molecule has 39 heavy (non-hydrogen) atoms. The fourth-order valence-electron chi connectivity index (χ4n) is 4.38. The highest BCUT2D eigenvalue weighted by Crippen LogP contribution is 2.30. The smallest absolute Gasteiger partial charge is 0.269 e. The van der Waals surface area contributed by atoms with Gasteiger partial charge in [-0.3, -0.25) is 14.4 Å². The minimum atomic E-state index is -4.24. The van der Waals surface area contributed by atoms with Gasteiger partial charge in [0.2, 0.25) is 11.8 Å². The van der Waals surface area contributed by atoms with Crippen LogP contribution in [0.25, 0.3) is 0 Å². The second kappa shape index (κ2) is 11.8. The lowest BCUT2D eigenvalue weighted by Crippen LogP contribution is -2.54. The summed E-state index contributed by atoms with van der Waals surface area (Å²) in [6, 6.07) is 19.2. The van der Waals surface area contributed by atoms with E-state index in [2.05, 4.69) is 5.32 Å². The van der Waals surface area contributed by atoms with Gasteiger partial charge in [-0.1, -0.05) is 61.5 Å². The molecule has 204 valence electrons. The standard InChI is InChI=1S/C29H30FN3O5S/c1-3-20(2)31-28(35)25(17-21-9-5-4-6-10-21)32(18-22-13-15-23(30)16-14-22)27(34)19-33-29(36)24-11-7-8-12-26(24)39(33,37)38/h4-16,20,25H,3,17-19H2,1-2H3,(H,31,35)/t20-,25+/m1/s1. The van der Waals surface area contributed by atoms with Gasteiger partial charge in [0.15, 0.2) is 0 Å². The average Bonchev–Trinajstić information content (AvgIpc) is 3.12. The highest BCUT2D eigenvalue weighted by Gasteiger charge is 2.43. The fourth-order valence-corrected chi connectivity index (χ4v) is 5.90. The monoisotopic (exact) mass is 551 g/mol. The second-order valence-corrected chi connectivity index (χ2v) is 11.3. The number of carbonyl (C=O) groups excluding carboxylic acids is 3. The van der Waals surface area contributed by atoms with Crippen molar-refractivity contribution in [2.75, 3.05) is 6.54 Å². The van der Waals surface area contributed by atoms with Crippen LogP contribution < -0.4 is 5.32 Å². The van der Waals surface area contributed by atoms with Crippen LogP contribution in [0.3, 0.4) is 0 Å². The van der Waals surface area contributed by atoms with Gasteiger partial charge in [-0.2, -0.15) is 0 Å². The van der Waals surface area contributed by atoms with E-state index in [9.17, 15) is 27.2 Å². The summed E-state index contributed by atoms with van der Waals surface area (Å²) in [4.78, 5) is 41.5. The number of rotatable bonds is 10. The molecule has 4 rings (SSSR count). The van der Waals surface area contributed by atoms with Crippen molar-refractivity contribution in [2.24, 2.45) is 0 Å². The number of hydrogen-bond donors (Lipinski definition) is 1. The van der Waals surface area contributed by atoms with Gasteiger partial charge in [0.05, 0.1) is 5.56 Å². The van der Waals surface area contributed by atoms with Crippen LogP contribution in [0.2, 0.25) is 0 Å². The third-order valence-corrected chi connectivity index (χ3v) is 8.52. The molecule has 1 heterocycles. The van der Waals surface area contributed by atoms with Gasteiger partial charge in [0.1, 0.15) is 23.3 Å². The molecule has 3 amide bonds. The summed E-state index contributed by atoms with van der Waals surface area (Å²) in [5.41, 5.74) is 1.32. The van der Waals surface area contributed by atoms with E-state index in [1.165, 1.54) is 47.4 Å². The molecule has 3 aromatic carbocycles. The van der Waals surface area contributed by atoms with E-state index in [1.807, 2.05) is 44.2 Å². The van der Waals surface area contributed by atoms with Crippen molar-refractivity contribution in [3.05, 3.63) is 101 Å². The lowest BCUT2D eigenvalue weighted by Gasteiger charge is -2.33. The molecular formula is C29H30FN3O5S. The topological polar surface area (TPSA) is 104 Å². The van der Waals surface area contributed by atoms with E-state index < -0.39 is 46.1 Å². The first kappa shape index (κ1) is 28.0. The van der Waals surface area contributed by atoms with Crippen LogP contribution in [0, 0.1) is 5.82 Å². The van der Waals surface area contributed by atoms with E-state index in [4.69, 9.17) is 0 Å². The Morgan fingerprint density at radius 3 is 2.23 bits per heavy atom. The molecule has 0 aromatic heterocycles. The number of fused-ring (bicyclic) bond motifs is 1. The normalized spacial score (nSPS) is 15.4. The molecule has 3 aromatic rings. The first-order valence-corrected chi connectivity index (χ1v) is 14.1. The average molecular weight is 552 g/mol. The fraction of sp³-hybridized carbons (Fsp3) is 0.276. The van der Waals surface area contributed by atoms with Crippen LogP contribution in [0.15, 0.2) is 83.8 Å². The van der Waals surface area contributed by atoms with Gasteiger partial charge in [0.25, 0.3) is 15.9 Å². The maximum Gasteiger partial charge on any atom is 0.269 e. The van der Waals surface area contributed by atoms with E-state index in [0.29, 0.717) is 16.3 Å². The zero-order valence-electron chi connectivity index (χ0n) is 21.7. The van der Waals surface area contributed by atoms with E-state index in [1.54, 1.807) is 6.07 Å². The number of benzene rings is 3. The molecule has 0 radical (unpaired) electrons. The Morgan fingerprint density at radius 2 is 1.59 bits per heavy atom. The molecule has 0 fully saturated rings. The Kier molecular flexibility index (Phi) is 8.44. The molecule has 0 unspecified atom stereocenters. The maximum absolute atomic E-state index is 13.9. The number of carbonyl (C=O) groups is 3. The van der Waals surface area contributed by atoms with Crippen molar-refractivity contribution >= 4 is 27.7 Å². The minimum Gasteiger partial charge on any atom is -0.352 e. The number of nitrogens with zero attached hydrogens (tertiary/aromatic N) is 2. The van der Waals surface area contributed by atoms with Gasteiger partial charge in [-0.15, -0.1) is 0 Å². The molecule has 1 aliphatic rings. The van der Waals surface area contributed by atoms with E-state index >= 15 is 0 Å². The Labute approximate surface area is 227 Å². The van der Waals surface area contributed by atoms with Crippen molar-refractivity contribution in [3.8, 4) is 0 Å². The number of halogens is 1. The molecule has 0 saturated carbocycles. The molecule has 2 atom stereocenters. The largest absolute Gasteiger partial charge is 0.352 e. The highest BCUT2D eigenvalue weighted by molar-refractivity contribution is 7.90.